The maximum absolute atomic E-state index is 12.8. The van der Waals surface area contributed by atoms with Crippen LogP contribution in [0.15, 0.2) is 36.4 Å². The van der Waals surface area contributed by atoms with E-state index in [9.17, 15) is 9.59 Å². The van der Waals surface area contributed by atoms with Crippen LogP contribution in [0.1, 0.15) is 38.2 Å². The van der Waals surface area contributed by atoms with Gasteiger partial charge in [0.15, 0.2) is 0 Å². The SMILES string of the molecule is COCc1cc(CCN2CCN(CC3Cc4ccc(C)cc4C3)C(=O)C2)ccc1C=O. The van der Waals surface area contributed by atoms with Crippen molar-refractivity contribution in [2.45, 2.75) is 32.8 Å². The Hall–Kier alpha value is -2.50. The van der Waals surface area contributed by atoms with Crippen molar-refractivity contribution in [1.82, 2.24) is 9.80 Å². The number of amides is 1. The first-order chi connectivity index (χ1) is 15.1. The fourth-order valence-electron chi connectivity index (χ4n) is 4.92. The average molecular weight is 421 g/mol. The normalized spacial score (nSPS) is 19.0. The van der Waals surface area contributed by atoms with Crippen molar-refractivity contribution in [2.75, 3.05) is 39.8 Å². The van der Waals surface area contributed by atoms with Gasteiger partial charge in [-0.2, -0.15) is 0 Å². The molecule has 31 heavy (non-hydrogen) atoms. The molecule has 2 aromatic rings. The highest BCUT2D eigenvalue weighted by Gasteiger charge is 2.29. The zero-order valence-electron chi connectivity index (χ0n) is 18.6. The molecule has 2 aliphatic rings. The number of fused-ring (bicyclic) bond motifs is 1. The summed E-state index contributed by atoms with van der Waals surface area (Å²) < 4.78 is 5.21. The highest BCUT2D eigenvalue weighted by atomic mass is 16.5. The van der Waals surface area contributed by atoms with Gasteiger partial charge in [-0.25, -0.2) is 0 Å². The molecule has 1 fully saturated rings. The minimum absolute atomic E-state index is 0.245. The van der Waals surface area contributed by atoms with Gasteiger partial charge < -0.3 is 9.64 Å². The number of hydrogen-bond donors (Lipinski definition) is 0. The van der Waals surface area contributed by atoms with Gasteiger partial charge in [0.2, 0.25) is 5.91 Å². The van der Waals surface area contributed by atoms with Crippen molar-refractivity contribution in [3.05, 3.63) is 69.8 Å². The molecule has 0 aromatic heterocycles. The van der Waals surface area contributed by atoms with E-state index in [1.54, 1.807) is 7.11 Å². The molecule has 1 aliphatic heterocycles. The van der Waals surface area contributed by atoms with Gasteiger partial charge in [0.1, 0.15) is 6.29 Å². The molecule has 0 bridgehead atoms. The second-order valence-electron chi connectivity index (χ2n) is 9.00. The van der Waals surface area contributed by atoms with E-state index < -0.39 is 0 Å². The molecule has 1 atom stereocenters. The van der Waals surface area contributed by atoms with Crippen LogP contribution in [0, 0.1) is 12.8 Å². The monoisotopic (exact) mass is 420 g/mol. The third-order valence-corrected chi connectivity index (χ3v) is 6.61. The van der Waals surface area contributed by atoms with Crippen LogP contribution in [0.5, 0.6) is 0 Å². The van der Waals surface area contributed by atoms with Crippen LogP contribution < -0.4 is 0 Å². The van der Waals surface area contributed by atoms with Crippen molar-refractivity contribution in [2.24, 2.45) is 5.92 Å². The minimum atomic E-state index is 0.245. The molecule has 0 radical (unpaired) electrons. The van der Waals surface area contributed by atoms with Crippen molar-refractivity contribution < 1.29 is 14.3 Å². The molecular weight excluding hydrogens is 388 g/mol. The van der Waals surface area contributed by atoms with Crippen LogP contribution >= 0.6 is 0 Å². The standard InChI is InChI=1S/C26H32N2O3/c1-19-3-5-22-13-21(14-24(22)11-19)15-28-10-9-27(16-26(28)30)8-7-20-4-6-23(17-29)25(12-20)18-31-2/h3-6,11-12,17,21H,7-10,13-16,18H2,1-2H3. The first kappa shape index (κ1) is 21.7. The first-order valence-corrected chi connectivity index (χ1v) is 11.2. The van der Waals surface area contributed by atoms with E-state index in [0.29, 0.717) is 24.6 Å². The summed E-state index contributed by atoms with van der Waals surface area (Å²) in [5.74, 6) is 0.789. The van der Waals surface area contributed by atoms with Gasteiger partial charge >= 0.3 is 0 Å². The second kappa shape index (κ2) is 9.75. The number of hydrogen-bond acceptors (Lipinski definition) is 4. The Morgan fingerprint density at radius 1 is 1.10 bits per heavy atom. The Balaban J connectivity index is 1.27. The van der Waals surface area contributed by atoms with Crippen LogP contribution in [-0.2, 0) is 35.4 Å². The number of aryl methyl sites for hydroxylation is 1. The predicted molar refractivity (Wildman–Crippen MR) is 121 cm³/mol. The van der Waals surface area contributed by atoms with Gasteiger partial charge in [-0.3, -0.25) is 14.5 Å². The number of aldehydes is 1. The van der Waals surface area contributed by atoms with Gasteiger partial charge in [0, 0.05) is 38.9 Å². The summed E-state index contributed by atoms with van der Waals surface area (Å²) in [5, 5.41) is 0. The summed E-state index contributed by atoms with van der Waals surface area (Å²) >= 11 is 0. The molecule has 4 rings (SSSR count). The first-order valence-electron chi connectivity index (χ1n) is 11.2. The lowest BCUT2D eigenvalue weighted by Crippen LogP contribution is -2.52. The molecule has 0 saturated carbocycles. The van der Waals surface area contributed by atoms with Crippen molar-refractivity contribution in [1.29, 1.82) is 0 Å². The van der Waals surface area contributed by atoms with Gasteiger partial charge in [-0.05, 0) is 54.4 Å². The Labute approximate surface area is 185 Å². The maximum Gasteiger partial charge on any atom is 0.236 e. The largest absolute Gasteiger partial charge is 0.380 e. The number of carbonyl (C=O) groups excluding carboxylic acids is 2. The number of piperazine rings is 1. The third kappa shape index (κ3) is 5.23. The molecule has 164 valence electrons. The minimum Gasteiger partial charge on any atom is -0.380 e. The summed E-state index contributed by atoms with van der Waals surface area (Å²) in [5.41, 5.74) is 7.01. The quantitative estimate of drug-likeness (QED) is 0.616. The van der Waals surface area contributed by atoms with Crippen LogP contribution in [0.4, 0.5) is 0 Å². The lowest BCUT2D eigenvalue weighted by atomic mass is 10.0. The van der Waals surface area contributed by atoms with E-state index in [4.69, 9.17) is 4.74 Å². The molecule has 1 amide bonds. The number of rotatable bonds is 8. The van der Waals surface area contributed by atoms with Crippen molar-refractivity contribution in [3.8, 4) is 0 Å². The van der Waals surface area contributed by atoms with E-state index in [2.05, 4.69) is 34.9 Å². The second-order valence-corrected chi connectivity index (χ2v) is 9.00. The van der Waals surface area contributed by atoms with Gasteiger partial charge in [0.05, 0.1) is 13.2 Å². The zero-order chi connectivity index (χ0) is 21.8. The molecule has 0 spiro atoms. The Kier molecular flexibility index (Phi) is 6.83. The summed E-state index contributed by atoms with van der Waals surface area (Å²) in [4.78, 5) is 28.3. The lowest BCUT2D eigenvalue weighted by molar-refractivity contribution is -0.136. The molecule has 1 unspecified atom stereocenters. The molecule has 1 heterocycles. The molecular formula is C26H32N2O3. The topological polar surface area (TPSA) is 49.9 Å². The number of benzene rings is 2. The molecule has 5 nitrogen and oxygen atoms in total. The number of carbonyl (C=O) groups is 2. The third-order valence-electron chi connectivity index (χ3n) is 6.61. The summed E-state index contributed by atoms with van der Waals surface area (Å²) in [6.07, 6.45) is 3.91. The number of methoxy groups -OCH3 is 1. The van der Waals surface area contributed by atoms with Crippen LogP contribution in [0.3, 0.4) is 0 Å². The molecule has 1 aliphatic carbocycles. The fourth-order valence-corrected chi connectivity index (χ4v) is 4.92. The summed E-state index contributed by atoms with van der Waals surface area (Å²) in [6.45, 7) is 6.52. The summed E-state index contributed by atoms with van der Waals surface area (Å²) in [6, 6.07) is 12.7. The van der Waals surface area contributed by atoms with E-state index in [1.165, 1.54) is 22.3 Å². The van der Waals surface area contributed by atoms with E-state index >= 15 is 0 Å². The van der Waals surface area contributed by atoms with Crippen LogP contribution in [0.2, 0.25) is 0 Å². The summed E-state index contributed by atoms with van der Waals surface area (Å²) in [7, 11) is 1.64. The smallest absolute Gasteiger partial charge is 0.236 e. The Morgan fingerprint density at radius 3 is 2.71 bits per heavy atom. The molecule has 5 heteroatoms. The van der Waals surface area contributed by atoms with Crippen LogP contribution in [0.25, 0.3) is 0 Å². The molecule has 0 N–H and O–H groups in total. The van der Waals surface area contributed by atoms with E-state index in [-0.39, 0.29) is 5.91 Å². The Morgan fingerprint density at radius 2 is 1.94 bits per heavy atom. The van der Waals surface area contributed by atoms with Crippen molar-refractivity contribution in [3.63, 3.8) is 0 Å². The van der Waals surface area contributed by atoms with Gasteiger partial charge in [-0.15, -0.1) is 0 Å². The Bertz CT molecular complexity index is 956. The highest BCUT2D eigenvalue weighted by Crippen LogP contribution is 2.28. The van der Waals surface area contributed by atoms with E-state index in [1.807, 2.05) is 18.2 Å². The van der Waals surface area contributed by atoms with Crippen molar-refractivity contribution >= 4 is 12.2 Å². The van der Waals surface area contributed by atoms with E-state index in [0.717, 1.165) is 57.3 Å². The average Bonchev–Trinajstić information content (AvgIpc) is 3.16. The number of ether oxygens (including phenoxy) is 1. The molecule has 1 saturated heterocycles. The lowest BCUT2D eigenvalue weighted by Gasteiger charge is -2.35. The van der Waals surface area contributed by atoms with Gasteiger partial charge in [0.25, 0.3) is 0 Å². The van der Waals surface area contributed by atoms with Gasteiger partial charge in [-0.1, -0.05) is 42.0 Å². The predicted octanol–water partition coefficient (Wildman–Crippen LogP) is 3.06. The highest BCUT2D eigenvalue weighted by molar-refractivity contribution is 5.79. The zero-order valence-corrected chi connectivity index (χ0v) is 18.6. The number of nitrogens with zero attached hydrogens (tertiary/aromatic N) is 2. The fraction of sp³-hybridized carbons (Fsp3) is 0.462. The van der Waals surface area contributed by atoms with Crippen LogP contribution in [-0.4, -0.2) is 61.8 Å². The molecule has 2 aromatic carbocycles. The maximum atomic E-state index is 12.8.